The van der Waals surface area contributed by atoms with Gasteiger partial charge in [0, 0.05) is 24.4 Å². The first kappa shape index (κ1) is 15.5. The molecule has 4 rings (SSSR count). The maximum absolute atomic E-state index is 6.62. The molecule has 1 aliphatic rings. The third-order valence-corrected chi connectivity index (χ3v) is 4.33. The lowest BCUT2D eigenvalue weighted by Crippen LogP contribution is -2.42. The van der Waals surface area contributed by atoms with E-state index in [1.807, 2.05) is 60.2 Å². The number of aromatic nitrogens is 2. The van der Waals surface area contributed by atoms with Crippen molar-refractivity contribution in [2.24, 2.45) is 5.73 Å². The van der Waals surface area contributed by atoms with Crippen molar-refractivity contribution in [3.63, 3.8) is 0 Å². The van der Waals surface area contributed by atoms with E-state index in [0.29, 0.717) is 17.9 Å². The zero-order valence-electron chi connectivity index (χ0n) is 13.9. The zero-order valence-corrected chi connectivity index (χ0v) is 13.9. The van der Waals surface area contributed by atoms with Gasteiger partial charge in [-0.3, -0.25) is 5.73 Å². The van der Waals surface area contributed by atoms with Crippen LogP contribution in [0, 0.1) is 0 Å². The summed E-state index contributed by atoms with van der Waals surface area (Å²) >= 11 is 0. The number of hydrogen-bond acceptors (Lipinski definition) is 5. The van der Waals surface area contributed by atoms with Crippen molar-refractivity contribution in [3.05, 3.63) is 66.7 Å². The normalized spacial score (nSPS) is 15.0. The Balaban J connectivity index is 1.71. The maximum atomic E-state index is 6.62. The number of ether oxygens (including phenoxy) is 3. The van der Waals surface area contributed by atoms with Crippen LogP contribution in [-0.2, 0) is 5.72 Å². The highest BCUT2D eigenvalue weighted by molar-refractivity contribution is 5.49. The van der Waals surface area contributed by atoms with Gasteiger partial charge in [-0.25, -0.2) is 4.98 Å². The molecule has 128 valence electrons. The lowest BCUT2D eigenvalue weighted by atomic mass is 10.00. The monoisotopic (exact) mass is 337 g/mol. The predicted molar refractivity (Wildman–Crippen MR) is 92.9 cm³/mol. The molecule has 0 saturated carbocycles. The zero-order chi connectivity index (χ0) is 17.3. The topological polar surface area (TPSA) is 71.5 Å². The van der Waals surface area contributed by atoms with Crippen LogP contribution < -0.4 is 19.9 Å². The second kappa shape index (κ2) is 6.14. The van der Waals surface area contributed by atoms with Crippen molar-refractivity contribution >= 4 is 0 Å². The summed E-state index contributed by atoms with van der Waals surface area (Å²) in [6.45, 7) is 2.22. The molecule has 6 nitrogen and oxygen atoms in total. The third-order valence-electron chi connectivity index (χ3n) is 4.33. The smallest absolute Gasteiger partial charge is 0.231 e. The van der Waals surface area contributed by atoms with E-state index in [0.717, 1.165) is 17.0 Å². The third kappa shape index (κ3) is 2.81. The van der Waals surface area contributed by atoms with Crippen LogP contribution in [0.2, 0.25) is 0 Å². The molecule has 2 N–H and O–H groups in total. The van der Waals surface area contributed by atoms with Crippen LogP contribution in [0.3, 0.4) is 0 Å². The minimum Gasteiger partial charge on any atom is -0.467 e. The molecule has 1 unspecified atom stereocenters. The molecule has 0 aliphatic carbocycles. The average Bonchev–Trinajstić information content (AvgIpc) is 3.33. The first-order chi connectivity index (χ1) is 12.2. The number of imidazole rings is 1. The van der Waals surface area contributed by atoms with Crippen molar-refractivity contribution in [1.82, 2.24) is 9.55 Å². The van der Waals surface area contributed by atoms with E-state index in [4.69, 9.17) is 19.9 Å². The largest absolute Gasteiger partial charge is 0.467 e. The van der Waals surface area contributed by atoms with Crippen LogP contribution in [0.15, 0.2) is 61.2 Å². The minimum absolute atomic E-state index is 0.229. The average molecular weight is 337 g/mol. The number of nitrogens with zero attached hydrogens (tertiary/aromatic N) is 2. The summed E-state index contributed by atoms with van der Waals surface area (Å²) in [5.74, 6) is 2.09. The van der Waals surface area contributed by atoms with Gasteiger partial charge >= 0.3 is 0 Å². The van der Waals surface area contributed by atoms with Gasteiger partial charge in [0.2, 0.25) is 6.79 Å². The molecule has 2 heterocycles. The summed E-state index contributed by atoms with van der Waals surface area (Å²) in [7, 11) is 0. The van der Waals surface area contributed by atoms with Crippen LogP contribution in [0.25, 0.3) is 5.69 Å². The van der Waals surface area contributed by atoms with Gasteiger partial charge < -0.3 is 18.8 Å². The van der Waals surface area contributed by atoms with Gasteiger partial charge in [0.05, 0.1) is 12.0 Å². The fraction of sp³-hybridized carbons (Fsp3) is 0.211. The van der Waals surface area contributed by atoms with Gasteiger partial charge in [0.15, 0.2) is 17.2 Å². The summed E-state index contributed by atoms with van der Waals surface area (Å²) in [5.41, 5.74) is 7.35. The first-order valence-electron chi connectivity index (χ1n) is 8.15. The Morgan fingerprint density at radius 3 is 2.84 bits per heavy atom. The molecule has 6 heteroatoms. The van der Waals surface area contributed by atoms with Crippen LogP contribution in [0.1, 0.15) is 18.9 Å². The van der Waals surface area contributed by atoms with E-state index in [1.54, 1.807) is 12.5 Å². The van der Waals surface area contributed by atoms with Gasteiger partial charge in [-0.15, -0.1) is 0 Å². The Morgan fingerprint density at radius 1 is 1.20 bits per heavy atom. The number of nitrogens with two attached hydrogens (primary N) is 1. The van der Waals surface area contributed by atoms with Crippen molar-refractivity contribution < 1.29 is 14.2 Å². The van der Waals surface area contributed by atoms with E-state index in [1.165, 1.54) is 0 Å². The van der Waals surface area contributed by atoms with Gasteiger partial charge in [0.1, 0.15) is 5.75 Å². The van der Waals surface area contributed by atoms with Crippen LogP contribution >= 0.6 is 0 Å². The first-order valence-corrected chi connectivity index (χ1v) is 8.15. The minimum atomic E-state index is -0.988. The molecule has 0 bridgehead atoms. The highest BCUT2D eigenvalue weighted by Crippen LogP contribution is 2.37. The molecule has 0 radical (unpaired) electrons. The standard InChI is InChI=1S/C19H19N3O3/c1-2-19(20,14-7-8-17-18(11-14)24-13-23-17)25-16-6-4-3-5-15(16)22-10-9-21-12-22/h3-12H,2,13,20H2,1H3. The molecule has 0 saturated heterocycles. The molecule has 1 aliphatic heterocycles. The van der Waals surface area contributed by atoms with Crippen molar-refractivity contribution in [2.75, 3.05) is 6.79 Å². The summed E-state index contributed by atoms with van der Waals surface area (Å²) < 4.78 is 19.0. The fourth-order valence-corrected chi connectivity index (χ4v) is 2.85. The summed E-state index contributed by atoms with van der Waals surface area (Å²) in [6, 6.07) is 13.4. The Morgan fingerprint density at radius 2 is 2.04 bits per heavy atom. The summed E-state index contributed by atoms with van der Waals surface area (Å²) in [4.78, 5) is 4.10. The lowest BCUT2D eigenvalue weighted by Gasteiger charge is -2.31. The Labute approximate surface area is 145 Å². The van der Waals surface area contributed by atoms with Crippen molar-refractivity contribution in [1.29, 1.82) is 0 Å². The molecule has 0 amide bonds. The van der Waals surface area contributed by atoms with E-state index in [-0.39, 0.29) is 6.79 Å². The SMILES string of the molecule is CCC(N)(Oc1ccccc1-n1ccnc1)c1ccc2c(c1)OCO2. The second-order valence-corrected chi connectivity index (χ2v) is 5.85. The highest BCUT2D eigenvalue weighted by atomic mass is 16.7. The summed E-state index contributed by atoms with van der Waals surface area (Å²) in [5, 5.41) is 0. The van der Waals surface area contributed by atoms with Crippen LogP contribution in [0.5, 0.6) is 17.2 Å². The highest BCUT2D eigenvalue weighted by Gasteiger charge is 2.30. The molecule has 0 spiro atoms. The van der Waals surface area contributed by atoms with Gasteiger partial charge in [0.25, 0.3) is 0 Å². The molecule has 0 fully saturated rings. The molecule has 2 aromatic carbocycles. The summed E-state index contributed by atoms with van der Waals surface area (Å²) in [6.07, 6.45) is 5.91. The predicted octanol–water partition coefficient (Wildman–Crippen LogP) is 3.20. The number of para-hydroxylation sites is 2. The molecule has 1 atom stereocenters. The Kier molecular flexibility index (Phi) is 3.82. The van der Waals surface area contributed by atoms with E-state index in [2.05, 4.69) is 4.98 Å². The van der Waals surface area contributed by atoms with Crippen LogP contribution in [-0.4, -0.2) is 16.3 Å². The van der Waals surface area contributed by atoms with Crippen molar-refractivity contribution in [2.45, 2.75) is 19.1 Å². The Bertz CT molecular complexity index is 879. The number of fused-ring (bicyclic) bond motifs is 1. The Hall–Kier alpha value is -2.99. The quantitative estimate of drug-likeness (QED) is 0.724. The molecule has 25 heavy (non-hydrogen) atoms. The molecule has 3 aromatic rings. The number of hydrogen-bond donors (Lipinski definition) is 1. The van der Waals surface area contributed by atoms with Gasteiger partial charge in [-0.05, 0) is 30.3 Å². The van der Waals surface area contributed by atoms with E-state index >= 15 is 0 Å². The number of benzene rings is 2. The molecular weight excluding hydrogens is 318 g/mol. The molecule has 1 aromatic heterocycles. The van der Waals surface area contributed by atoms with Crippen molar-refractivity contribution in [3.8, 4) is 22.9 Å². The van der Waals surface area contributed by atoms with Crippen LogP contribution in [0.4, 0.5) is 0 Å². The van der Waals surface area contributed by atoms with Gasteiger partial charge in [-0.1, -0.05) is 19.1 Å². The number of rotatable bonds is 5. The van der Waals surface area contributed by atoms with E-state index in [9.17, 15) is 0 Å². The fourth-order valence-electron chi connectivity index (χ4n) is 2.85. The van der Waals surface area contributed by atoms with Gasteiger partial charge in [-0.2, -0.15) is 0 Å². The maximum Gasteiger partial charge on any atom is 0.231 e. The second-order valence-electron chi connectivity index (χ2n) is 5.85. The van der Waals surface area contributed by atoms with E-state index < -0.39 is 5.72 Å². The molecular formula is C19H19N3O3. The lowest BCUT2D eigenvalue weighted by molar-refractivity contribution is 0.0685.